The van der Waals surface area contributed by atoms with Crippen molar-refractivity contribution in [2.75, 3.05) is 0 Å². The molecule has 3 rings (SSSR count). The van der Waals surface area contributed by atoms with Gasteiger partial charge in [0.05, 0.1) is 12.1 Å². The van der Waals surface area contributed by atoms with Crippen molar-refractivity contribution in [3.05, 3.63) is 96.1 Å². The lowest BCUT2D eigenvalue weighted by atomic mass is 9.95. The van der Waals surface area contributed by atoms with Gasteiger partial charge in [0.1, 0.15) is 0 Å². The molecule has 3 aromatic carbocycles. The summed E-state index contributed by atoms with van der Waals surface area (Å²) in [4.78, 5) is 0. The van der Waals surface area contributed by atoms with Crippen molar-refractivity contribution < 1.29 is 0 Å². The molecule has 0 aliphatic rings. The maximum Gasteiger partial charge on any atom is 0.0912 e. The highest BCUT2D eigenvalue weighted by Crippen LogP contribution is 2.29. The van der Waals surface area contributed by atoms with Crippen LogP contribution >= 0.6 is 0 Å². The van der Waals surface area contributed by atoms with Gasteiger partial charge >= 0.3 is 0 Å². The van der Waals surface area contributed by atoms with Crippen molar-refractivity contribution in [1.82, 2.24) is 0 Å². The normalized spacial score (nSPS) is 10.7. The van der Waals surface area contributed by atoms with Gasteiger partial charge in [-0.2, -0.15) is 10.5 Å². The average Bonchev–Trinajstić information content (AvgIpc) is 2.71. The number of benzene rings is 3. The van der Waals surface area contributed by atoms with Crippen LogP contribution in [0.15, 0.2) is 84.9 Å². The minimum atomic E-state index is 1.01. The zero-order chi connectivity index (χ0) is 18.2. The second-order valence-corrected chi connectivity index (χ2v) is 5.68. The Balaban J connectivity index is 1.99. The van der Waals surface area contributed by atoms with Crippen LogP contribution in [0.1, 0.15) is 11.1 Å². The first-order valence-corrected chi connectivity index (χ1v) is 8.24. The number of allylic oxidation sites excluding steroid dienone is 2. The van der Waals surface area contributed by atoms with E-state index in [1.165, 1.54) is 12.2 Å². The second-order valence-electron chi connectivity index (χ2n) is 5.68. The van der Waals surface area contributed by atoms with Gasteiger partial charge in [0.25, 0.3) is 0 Å². The highest BCUT2D eigenvalue weighted by Gasteiger charge is 2.05. The lowest BCUT2D eigenvalue weighted by Gasteiger charge is -2.09. The summed E-state index contributed by atoms with van der Waals surface area (Å²) in [6, 6.07) is 28.4. The van der Waals surface area contributed by atoms with Crippen molar-refractivity contribution in [3.63, 3.8) is 0 Å². The summed E-state index contributed by atoms with van der Waals surface area (Å²) in [5, 5.41) is 17.6. The molecule has 0 amide bonds. The quantitative estimate of drug-likeness (QED) is 0.542. The first kappa shape index (κ1) is 17.0. The fourth-order valence-electron chi connectivity index (χ4n) is 2.89. The number of rotatable bonds is 4. The summed E-state index contributed by atoms with van der Waals surface area (Å²) in [7, 11) is 0. The Morgan fingerprint density at radius 3 is 1.31 bits per heavy atom. The zero-order valence-corrected chi connectivity index (χ0v) is 14.1. The lowest BCUT2D eigenvalue weighted by molar-refractivity contribution is 1.53. The Morgan fingerprint density at radius 1 is 0.538 bits per heavy atom. The molecule has 0 heterocycles. The number of nitrogens with zero attached hydrogens (tertiary/aromatic N) is 2. The molecule has 122 valence electrons. The first-order chi connectivity index (χ1) is 12.8. The molecule has 0 aliphatic heterocycles. The molecule has 0 N–H and O–H groups in total. The van der Waals surface area contributed by atoms with Crippen molar-refractivity contribution in [3.8, 4) is 34.4 Å². The summed E-state index contributed by atoms with van der Waals surface area (Å²) < 4.78 is 0. The molecular weight excluding hydrogens is 316 g/mol. The maximum atomic E-state index is 8.78. The fourth-order valence-corrected chi connectivity index (χ4v) is 2.89. The lowest BCUT2D eigenvalue weighted by Crippen LogP contribution is -1.86. The van der Waals surface area contributed by atoms with Crippen LogP contribution in [0.3, 0.4) is 0 Å². The molecule has 26 heavy (non-hydrogen) atoms. The predicted molar refractivity (Wildman–Crippen MR) is 107 cm³/mol. The molecule has 0 saturated carbocycles. The van der Waals surface area contributed by atoms with Gasteiger partial charge in [0.2, 0.25) is 0 Å². The molecule has 0 bridgehead atoms. The van der Waals surface area contributed by atoms with E-state index in [-0.39, 0.29) is 0 Å². The Hall–Kier alpha value is -3.88. The molecule has 0 unspecified atom stereocenters. The van der Waals surface area contributed by atoms with Crippen molar-refractivity contribution in [1.29, 1.82) is 10.5 Å². The third-order valence-corrected chi connectivity index (χ3v) is 4.10. The first-order valence-electron chi connectivity index (χ1n) is 8.24. The third kappa shape index (κ3) is 3.78. The second kappa shape index (κ2) is 8.29. The van der Waals surface area contributed by atoms with Crippen LogP contribution in [0.5, 0.6) is 0 Å². The van der Waals surface area contributed by atoms with Crippen molar-refractivity contribution in [2.45, 2.75) is 0 Å². The molecule has 0 saturated heterocycles. The minimum absolute atomic E-state index is 1.01. The van der Waals surface area contributed by atoms with E-state index >= 15 is 0 Å². The SMILES string of the molecule is N#CC=Cc1ccccc1-c1ccc(-c2ccccc2C=CC#N)cc1. The average molecular weight is 332 g/mol. The van der Waals surface area contributed by atoms with Gasteiger partial charge in [-0.3, -0.25) is 0 Å². The van der Waals surface area contributed by atoms with Gasteiger partial charge in [-0.25, -0.2) is 0 Å². The molecule has 3 aromatic rings. The molecular formula is C24H16N2. The van der Waals surface area contributed by atoms with Crippen LogP contribution in [0.25, 0.3) is 34.4 Å². The highest BCUT2D eigenvalue weighted by atomic mass is 14.2. The summed E-state index contributed by atoms with van der Waals surface area (Å²) >= 11 is 0. The molecule has 0 atom stereocenters. The maximum absolute atomic E-state index is 8.78. The molecule has 0 radical (unpaired) electrons. The smallest absolute Gasteiger partial charge is 0.0912 e. The number of hydrogen-bond donors (Lipinski definition) is 0. The van der Waals surface area contributed by atoms with E-state index in [4.69, 9.17) is 10.5 Å². The van der Waals surface area contributed by atoms with Crippen LogP contribution in [0.4, 0.5) is 0 Å². The van der Waals surface area contributed by atoms with E-state index in [1.807, 2.05) is 60.7 Å². The molecule has 0 aliphatic carbocycles. The van der Waals surface area contributed by atoms with E-state index in [2.05, 4.69) is 36.4 Å². The fraction of sp³-hybridized carbons (Fsp3) is 0. The van der Waals surface area contributed by atoms with Crippen molar-refractivity contribution in [2.24, 2.45) is 0 Å². The van der Waals surface area contributed by atoms with Crippen LogP contribution in [-0.2, 0) is 0 Å². The van der Waals surface area contributed by atoms with Gasteiger partial charge < -0.3 is 0 Å². The van der Waals surface area contributed by atoms with Crippen molar-refractivity contribution >= 4 is 12.2 Å². The molecule has 2 heteroatoms. The molecule has 0 spiro atoms. The van der Waals surface area contributed by atoms with E-state index in [1.54, 1.807) is 0 Å². The van der Waals surface area contributed by atoms with Gasteiger partial charge in [-0.15, -0.1) is 0 Å². The predicted octanol–water partition coefficient (Wildman–Crippen LogP) is 6.09. The molecule has 2 nitrogen and oxygen atoms in total. The van der Waals surface area contributed by atoms with Crippen LogP contribution < -0.4 is 0 Å². The van der Waals surface area contributed by atoms with Crippen LogP contribution in [0.2, 0.25) is 0 Å². The molecule has 0 fully saturated rings. The van der Waals surface area contributed by atoms with Gasteiger partial charge in [-0.05, 0) is 45.5 Å². The Morgan fingerprint density at radius 2 is 0.923 bits per heavy atom. The van der Waals surface area contributed by atoms with Gasteiger partial charge in [0.15, 0.2) is 0 Å². The monoisotopic (exact) mass is 332 g/mol. The largest absolute Gasteiger partial charge is 0.193 e. The van der Waals surface area contributed by atoms with E-state index in [0.717, 1.165) is 33.4 Å². The summed E-state index contributed by atoms with van der Waals surface area (Å²) in [5.41, 5.74) is 6.39. The van der Waals surface area contributed by atoms with E-state index < -0.39 is 0 Å². The van der Waals surface area contributed by atoms with E-state index in [9.17, 15) is 0 Å². The van der Waals surface area contributed by atoms with Gasteiger partial charge in [0, 0.05) is 12.2 Å². The Labute approximate surface area is 153 Å². The summed E-state index contributed by atoms with van der Waals surface area (Å²) in [5.74, 6) is 0. The standard InChI is InChI=1S/C24H16N2/c25-17-5-9-19-7-1-3-11-23(19)21-13-15-22(16-14-21)24-12-4-2-8-20(24)10-6-18-26/h1-16H. The van der Waals surface area contributed by atoms with Crippen LogP contribution in [-0.4, -0.2) is 0 Å². The number of nitriles is 2. The Bertz CT molecular complexity index is 956. The Kier molecular flexibility index (Phi) is 5.41. The number of hydrogen-bond acceptors (Lipinski definition) is 2. The summed E-state index contributed by atoms with van der Waals surface area (Å²) in [6.07, 6.45) is 6.63. The van der Waals surface area contributed by atoms with Crippen LogP contribution in [0, 0.1) is 22.7 Å². The molecule has 0 aromatic heterocycles. The van der Waals surface area contributed by atoms with E-state index in [0.29, 0.717) is 0 Å². The van der Waals surface area contributed by atoms with Gasteiger partial charge in [-0.1, -0.05) is 72.8 Å². The summed E-state index contributed by atoms with van der Waals surface area (Å²) in [6.45, 7) is 0. The minimum Gasteiger partial charge on any atom is -0.193 e. The topological polar surface area (TPSA) is 47.6 Å². The zero-order valence-electron chi connectivity index (χ0n) is 14.1. The third-order valence-electron chi connectivity index (χ3n) is 4.10. The highest BCUT2D eigenvalue weighted by molar-refractivity contribution is 5.80.